The Bertz CT molecular complexity index is 542. The molecule has 0 aromatic heterocycles. The Balaban J connectivity index is 0.00000312. The molecule has 0 saturated carbocycles. The number of rotatable bonds is 7. The van der Waals surface area contributed by atoms with Crippen molar-refractivity contribution in [2.75, 3.05) is 26.2 Å². The Morgan fingerprint density at radius 3 is 2.84 bits per heavy atom. The van der Waals surface area contributed by atoms with Gasteiger partial charge in [0.05, 0.1) is 25.2 Å². The first kappa shape index (κ1) is 21.9. The van der Waals surface area contributed by atoms with Crippen molar-refractivity contribution in [3.63, 3.8) is 0 Å². The monoisotopic (exact) mass is 372 g/mol. The van der Waals surface area contributed by atoms with Crippen LogP contribution in [-0.4, -0.2) is 43.2 Å². The first-order chi connectivity index (χ1) is 11.5. The lowest BCUT2D eigenvalue weighted by molar-refractivity contribution is -0.136. The van der Waals surface area contributed by atoms with Crippen molar-refractivity contribution in [2.45, 2.75) is 45.8 Å². The van der Waals surface area contributed by atoms with E-state index < -0.39 is 0 Å². The summed E-state index contributed by atoms with van der Waals surface area (Å²) in [6, 6.07) is 6.39. The molecular weight excluding hydrogens is 343 g/mol. The van der Waals surface area contributed by atoms with Crippen LogP contribution in [0, 0.1) is 11.7 Å². The molecule has 0 radical (unpaired) electrons. The number of halogens is 2. The third-order valence-corrected chi connectivity index (χ3v) is 4.32. The molecule has 25 heavy (non-hydrogen) atoms. The summed E-state index contributed by atoms with van der Waals surface area (Å²) >= 11 is 0. The van der Waals surface area contributed by atoms with Crippen molar-refractivity contribution in [2.24, 2.45) is 5.92 Å². The number of carbonyl (C=O) groups excluding carboxylic acids is 1. The van der Waals surface area contributed by atoms with Crippen LogP contribution in [0.4, 0.5) is 4.39 Å². The van der Waals surface area contributed by atoms with Crippen molar-refractivity contribution in [3.8, 4) is 0 Å². The van der Waals surface area contributed by atoms with Gasteiger partial charge in [-0.3, -0.25) is 4.79 Å². The molecule has 1 aromatic carbocycles. The zero-order valence-electron chi connectivity index (χ0n) is 15.3. The molecule has 4 nitrogen and oxygen atoms in total. The minimum Gasteiger partial charge on any atom is -0.378 e. The van der Waals surface area contributed by atoms with E-state index in [0.717, 1.165) is 18.5 Å². The molecule has 1 N–H and O–H groups in total. The smallest absolute Gasteiger partial charge is 0.225 e. The highest BCUT2D eigenvalue weighted by Crippen LogP contribution is 2.23. The minimum absolute atomic E-state index is 0. The van der Waals surface area contributed by atoms with Crippen LogP contribution in [0.15, 0.2) is 24.3 Å². The number of hydrogen-bond acceptors (Lipinski definition) is 3. The largest absolute Gasteiger partial charge is 0.378 e. The highest BCUT2D eigenvalue weighted by molar-refractivity contribution is 5.85. The normalized spacial score (nSPS) is 18.8. The lowest BCUT2D eigenvalue weighted by Crippen LogP contribution is -2.49. The SMILES string of the molecule is CC(C)CC(C)OCCC(=O)N1CCNCC1c1cccc(F)c1.Cl. The van der Waals surface area contributed by atoms with Gasteiger partial charge in [-0.1, -0.05) is 26.0 Å². The summed E-state index contributed by atoms with van der Waals surface area (Å²) in [6.07, 6.45) is 1.53. The first-order valence-corrected chi connectivity index (χ1v) is 8.84. The molecule has 0 aliphatic carbocycles. The molecule has 1 aromatic rings. The van der Waals surface area contributed by atoms with E-state index in [4.69, 9.17) is 4.74 Å². The Morgan fingerprint density at radius 1 is 1.40 bits per heavy atom. The maximum atomic E-state index is 13.5. The molecule has 2 rings (SSSR count). The number of ether oxygens (including phenoxy) is 1. The molecule has 2 atom stereocenters. The van der Waals surface area contributed by atoms with E-state index in [-0.39, 0.29) is 36.3 Å². The van der Waals surface area contributed by atoms with Crippen LogP contribution in [0.25, 0.3) is 0 Å². The molecule has 142 valence electrons. The van der Waals surface area contributed by atoms with Crippen LogP contribution >= 0.6 is 12.4 Å². The number of nitrogens with zero attached hydrogens (tertiary/aromatic N) is 1. The number of benzene rings is 1. The Hall–Kier alpha value is -1.17. The molecule has 1 amide bonds. The van der Waals surface area contributed by atoms with Gasteiger partial charge in [-0.15, -0.1) is 12.4 Å². The van der Waals surface area contributed by atoms with Gasteiger partial charge in [0.15, 0.2) is 0 Å². The topological polar surface area (TPSA) is 41.6 Å². The quantitative estimate of drug-likeness (QED) is 0.795. The molecule has 1 heterocycles. The highest BCUT2D eigenvalue weighted by Gasteiger charge is 2.27. The number of piperazine rings is 1. The molecule has 1 fully saturated rings. The molecule has 0 bridgehead atoms. The van der Waals surface area contributed by atoms with Crippen LogP contribution in [-0.2, 0) is 9.53 Å². The van der Waals surface area contributed by atoms with Crippen molar-refractivity contribution in [3.05, 3.63) is 35.6 Å². The summed E-state index contributed by atoms with van der Waals surface area (Å²) in [5.41, 5.74) is 0.838. The minimum atomic E-state index is -0.267. The maximum absolute atomic E-state index is 13.5. The fraction of sp³-hybridized carbons (Fsp3) is 0.632. The van der Waals surface area contributed by atoms with Crippen molar-refractivity contribution in [1.29, 1.82) is 0 Å². The van der Waals surface area contributed by atoms with Crippen LogP contribution in [0.2, 0.25) is 0 Å². The zero-order chi connectivity index (χ0) is 17.5. The fourth-order valence-corrected chi connectivity index (χ4v) is 3.24. The van der Waals surface area contributed by atoms with Gasteiger partial charge in [0.25, 0.3) is 0 Å². The molecule has 1 aliphatic heterocycles. The molecule has 6 heteroatoms. The van der Waals surface area contributed by atoms with E-state index in [9.17, 15) is 9.18 Å². The second-order valence-corrected chi connectivity index (χ2v) is 6.92. The van der Waals surface area contributed by atoms with Crippen molar-refractivity contribution >= 4 is 18.3 Å². The van der Waals surface area contributed by atoms with Gasteiger partial charge in [0.1, 0.15) is 5.82 Å². The second kappa shape index (κ2) is 10.7. The molecule has 1 aliphatic rings. The number of hydrogen-bond donors (Lipinski definition) is 1. The van der Waals surface area contributed by atoms with Gasteiger partial charge >= 0.3 is 0 Å². The van der Waals surface area contributed by atoms with E-state index in [0.29, 0.717) is 32.0 Å². The van der Waals surface area contributed by atoms with Gasteiger partial charge in [-0.2, -0.15) is 0 Å². The lowest BCUT2D eigenvalue weighted by atomic mass is 10.0. The van der Waals surface area contributed by atoms with Gasteiger partial charge in [-0.05, 0) is 37.0 Å². The lowest BCUT2D eigenvalue weighted by Gasteiger charge is -2.36. The summed E-state index contributed by atoms with van der Waals surface area (Å²) in [5.74, 6) is 0.389. The van der Waals surface area contributed by atoms with Gasteiger partial charge in [-0.25, -0.2) is 4.39 Å². The summed E-state index contributed by atoms with van der Waals surface area (Å²) < 4.78 is 19.3. The second-order valence-electron chi connectivity index (χ2n) is 6.92. The third kappa shape index (κ3) is 6.92. The zero-order valence-corrected chi connectivity index (χ0v) is 16.2. The van der Waals surface area contributed by atoms with Gasteiger partial charge in [0.2, 0.25) is 5.91 Å². The summed E-state index contributed by atoms with van der Waals surface area (Å²) in [6.45, 7) is 8.87. The van der Waals surface area contributed by atoms with E-state index in [1.807, 2.05) is 17.9 Å². The average molecular weight is 373 g/mol. The van der Waals surface area contributed by atoms with Gasteiger partial charge < -0.3 is 15.0 Å². The summed E-state index contributed by atoms with van der Waals surface area (Å²) in [4.78, 5) is 14.4. The fourth-order valence-electron chi connectivity index (χ4n) is 3.24. The third-order valence-electron chi connectivity index (χ3n) is 4.32. The summed E-state index contributed by atoms with van der Waals surface area (Å²) in [7, 11) is 0. The molecule has 2 unspecified atom stereocenters. The van der Waals surface area contributed by atoms with E-state index in [1.165, 1.54) is 12.1 Å². The average Bonchev–Trinajstić information content (AvgIpc) is 2.54. The van der Waals surface area contributed by atoms with Crippen LogP contribution in [0.5, 0.6) is 0 Å². The summed E-state index contributed by atoms with van der Waals surface area (Å²) in [5, 5.41) is 3.29. The maximum Gasteiger partial charge on any atom is 0.225 e. The predicted octanol–water partition coefficient (Wildman–Crippen LogP) is 3.56. The Morgan fingerprint density at radius 2 is 2.16 bits per heavy atom. The van der Waals surface area contributed by atoms with E-state index in [1.54, 1.807) is 6.07 Å². The standard InChI is InChI=1S/C19H29FN2O2.ClH/c1-14(2)11-15(3)24-10-7-19(23)22-9-8-21-13-18(22)16-5-4-6-17(20)12-16;/h4-6,12,14-15,18,21H,7-11,13H2,1-3H3;1H. The number of amides is 1. The Kier molecular flexibility index (Phi) is 9.39. The van der Waals surface area contributed by atoms with E-state index >= 15 is 0 Å². The van der Waals surface area contributed by atoms with Crippen LogP contribution in [0.1, 0.15) is 45.2 Å². The van der Waals surface area contributed by atoms with Crippen molar-refractivity contribution in [1.82, 2.24) is 10.2 Å². The molecule has 0 spiro atoms. The van der Waals surface area contributed by atoms with Crippen LogP contribution < -0.4 is 5.32 Å². The Labute approximate surface area is 156 Å². The molecule has 1 saturated heterocycles. The van der Waals surface area contributed by atoms with Gasteiger partial charge in [0, 0.05) is 19.6 Å². The predicted molar refractivity (Wildman–Crippen MR) is 100 cm³/mol. The highest BCUT2D eigenvalue weighted by atomic mass is 35.5. The van der Waals surface area contributed by atoms with Crippen LogP contribution in [0.3, 0.4) is 0 Å². The molecular formula is C19H30ClFN2O2. The number of carbonyl (C=O) groups is 1. The van der Waals surface area contributed by atoms with Crippen molar-refractivity contribution < 1.29 is 13.9 Å². The number of nitrogens with one attached hydrogen (secondary N) is 1. The first-order valence-electron chi connectivity index (χ1n) is 8.84. The van der Waals surface area contributed by atoms with E-state index in [2.05, 4.69) is 19.2 Å².